The van der Waals surface area contributed by atoms with Gasteiger partial charge < -0.3 is 15.6 Å². The molecule has 3 N–H and O–H groups in total. The molecule has 0 aliphatic heterocycles. The first-order valence-electron chi connectivity index (χ1n) is 5.65. The quantitative estimate of drug-likeness (QED) is 0.828. The molecule has 1 aliphatic carbocycles. The predicted molar refractivity (Wildman–Crippen MR) is 64.3 cm³/mol. The highest BCUT2D eigenvalue weighted by atomic mass is 16.5. The summed E-state index contributed by atoms with van der Waals surface area (Å²) in [6, 6.07) is 4.96. The summed E-state index contributed by atoms with van der Waals surface area (Å²) >= 11 is 0. The molecule has 0 heterocycles. The largest absolute Gasteiger partial charge is 0.496 e. The Morgan fingerprint density at radius 2 is 2.18 bits per heavy atom. The Bertz CT molecular complexity index is 452. The number of hydrogen-bond acceptors (Lipinski definition) is 3. The van der Waals surface area contributed by atoms with Gasteiger partial charge in [0.05, 0.1) is 7.11 Å². The predicted octanol–water partition coefficient (Wildman–Crippen LogP) is 1.45. The second-order valence-electron chi connectivity index (χ2n) is 4.68. The van der Waals surface area contributed by atoms with E-state index in [1.807, 2.05) is 25.1 Å². The molecule has 0 bridgehead atoms. The van der Waals surface area contributed by atoms with Gasteiger partial charge in [-0.15, -0.1) is 0 Å². The molecule has 0 aromatic heterocycles. The molecule has 1 aromatic carbocycles. The average Bonchev–Trinajstić information content (AvgIpc) is 3.09. The topological polar surface area (TPSA) is 72.5 Å². The third kappa shape index (κ3) is 1.89. The van der Waals surface area contributed by atoms with E-state index in [4.69, 9.17) is 15.6 Å². The average molecular weight is 235 g/mol. The Morgan fingerprint density at radius 1 is 1.53 bits per heavy atom. The summed E-state index contributed by atoms with van der Waals surface area (Å²) in [5.74, 6) is -0.218. The van der Waals surface area contributed by atoms with Gasteiger partial charge in [-0.3, -0.25) is 4.79 Å². The van der Waals surface area contributed by atoms with E-state index in [1.54, 1.807) is 7.11 Å². The molecule has 1 saturated carbocycles. The van der Waals surface area contributed by atoms with Crippen LogP contribution in [0.5, 0.6) is 5.75 Å². The maximum absolute atomic E-state index is 11.1. The first-order valence-corrected chi connectivity index (χ1v) is 5.65. The third-order valence-electron chi connectivity index (χ3n) is 3.54. The van der Waals surface area contributed by atoms with Crippen LogP contribution in [-0.4, -0.2) is 24.2 Å². The maximum atomic E-state index is 11.1. The minimum atomic E-state index is -0.954. The second-order valence-corrected chi connectivity index (χ2v) is 4.68. The number of rotatable bonds is 4. The lowest BCUT2D eigenvalue weighted by Gasteiger charge is -2.22. The van der Waals surface area contributed by atoms with Crippen molar-refractivity contribution >= 4 is 5.97 Å². The first-order chi connectivity index (χ1) is 8.01. The molecule has 4 heteroatoms. The molecular formula is C13H17NO3. The van der Waals surface area contributed by atoms with Gasteiger partial charge in [0, 0.05) is 11.0 Å². The second kappa shape index (κ2) is 4.04. The smallest absolute Gasteiger partial charge is 0.321 e. The number of benzene rings is 1. The number of carbonyl (C=O) groups is 1. The normalized spacial score (nSPS) is 18.5. The summed E-state index contributed by atoms with van der Waals surface area (Å²) < 4.78 is 5.33. The van der Waals surface area contributed by atoms with E-state index in [0.29, 0.717) is 0 Å². The van der Waals surface area contributed by atoms with Crippen molar-refractivity contribution in [3.8, 4) is 5.75 Å². The van der Waals surface area contributed by atoms with Crippen LogP contribution in [0.3, 0.4) is 0 Å². The van der Waals surface area contributed by atoms with E-state index >= 15 is 0 Å². The lowest BCUT2D eigenvalue weighted by atomic mass is 9.87. The fourth-order valence-corrected chi connectivity index (χ4v) is 2.33. The summed E-state index contributed by atoms with van der Waals surface area (Å²) in [7, 11) is 1.60. The van der Waals surface area contributed by atoms with Crippen LogP contribution >= 0.6 is 0 Å². The number of carboxylic acids is 1. The van der Waals surface area contributed by atoms with E-state index in [1.165, 1.54) is 0 Å². The number of nitrogens with two attached hydrogens (primary N) is 1. The molecule has 17 heavy (non-hydrogen) atoms. The minimum absolute atomic E-state index is 0.440. The number of carboxylic acid groups (broad SMARTS) is 1. The highest BCUT2D eigenvalue weighted by Crippen LogP contribution is 2.53. The summed E-state index contributed by atoms with van der Waals surface area (Å²) in [6.07, 6.45) is 1.61. The molecule has 92 valence electrons. The molecule has 1 aliphatic rings. The summed E-state index contributed by atoms with van der Waals surface area (Å²) in [5.41, 5.74) is 7.36. The van der Waals surface area contributed by atoms with Crippen LogP contribution in [0.2, 0.25) is 0 Å². The molecule has 4 nitrogen and oxygen atoms in total. The van der Waals surface area contributed by atoms with Crippen LogP contribution in [0.4, 0.5) is 0 Å². The zero-order chi connectivity index (χ0) is 12.6. The third-order valence-corrected chi connectivity index (χ3v) is 3.54. The molecule has 1 atom stereocenters. The molecule has 2 rings (SSSR count). The van der Waals surface area contributed by atoms with Crippen LogP contribution < -0.4 is 10.5 Å². The standard InChI is InChI=1S/C13H17NO3/c1-8-3-4-9(10(7-8)17-2)13(5-6-13)11(14)12(15)16/h3-4,7,11H,5-6,14H2,1-2H3,(H,15,16). The zero-order valence-corrected chi connectivity index (χ0v) is 10.1. The number of methoxy groups -OCH3 is 1. The number of hydrogen-bond donors (Lipinski definition) is 2. The van der Waals surface area contributed by atoms with Gasteiger partial charge in [0.15, 0.2) is 0 Å². The van der Waals surface area contributed by atoms with Gasteiger partial charge in [-0.25, -0.2) is 0 Å². The minimum Gasteiger partial charge on any atom is -0.496 e. The van der Waals surface area contributed by atoms with Crippen molar-refractivity contribution in [2.24, 2.45) is 5.73 Å². The van der Waals surface area contributed by atoms with E-state index in [9.17, 15) is 4.79 Å². The molecule has 1 unspecified atom stereocenters. The van der Waals surface area contributed by atoms with Crippen molar-refractivity contribution < 1.29 is 14.6 Å². The van der Waals surface area contributed by atoms with Gasteiger partial charge >= 0.3 is 5.97 Å². The molecule has 1 fully saturated rings. The number of aryl methyl sites for hydroxylation is 1. The van der Waals surface area contributed by atoms with Gasteiger partial charge in [-0.05, 0) is 31.4 Å². The monoisotopic (exact) mass is 235 g/mol. The zero-order valence-electron chi connectivity index (χ0n) is 10.1. The Morgan fingerprint density at radius 3 is 2.65 bits per heavy atom. The fourth-order valence-electron chi connectivity index (χ4n) is 2.33. The Hall–Kier alpha value is -1.55. The van der Waals surface area contributed by atoms with Crippen molar-refractivity contribution in [3.05, 3.63) is 29.3 Å². The van der Waals surface area contributed by atoms with Crippen LogP contribution in [0.1, 0.15) is 24.0 Å². The Balaban J connectivity index is 2.43. The van der Waals surface area contributed by atoms with Crippen LogP contribution in [0.15, 0.2) is 18.2 Å². The van der Waals surface area contributed by atoms with Gasteiger partial charge in [-0.1, -0.05) is 12.1 Å². The van der Waals surface area contributed by atoms with Crippen molar-refractivity contribution in [2.75, 3.05) is 7.11 Å². The van der Waals surface area contributed by atoms with E-state index in [-0.39, 0.29) is 0 Å². The summed E-state index contributed by atoms with van der Waals surface area (Å²) in [5, 5.41) is 9.07. The highest BCUT2D eigenvalue weighted by molar-refractivity contribution is 5.77. The number of ether oxygens (including phenoxy) is 1. The van der Waals surface area contributed by atoms with Gasteiger partial charge in [0.1, 0.15) is 11.8 Å². The van der Waals surface area contributed by atoms with Crippen molar-refractivity contribution in [3.63, 3.8) is 0 Å². The van der Waals surface area contributed by atoms with E-state index in [2.05, 4.69) is 0 Å². The summed E-state index contributed by atoms with van der Waals surface area (Å²) in [4.78, 5) is 11.1. The highest BCUT2D eigenvalue weighted by Gasteiger charge is 2.53. The molecular weight excluding hydrogens is 218 g/mol. The van der Waals surface area contributed by atoms with Gasteiger partial charge in [0.25, 0.3) is 0 Å². The van der Waals surface area contributed by atoms with Crippen LogP contribution in [0.25, 0.3) is 0 Å². The van der Waals surface area contributed by atoms with Crippen molar-refractivity contribution in [1.82, 2.24) is 0 Å². The molecule has 0 amide bonds. The lowest BCUT2D eigenvalue weighted by Crippen LogP contribution is -2.42. The van der Waals surface area contributed by atoms with E-state index < -0.39 is 17.4 Å². The van der Waals surface area contributed by atoms with E-state index in [0.717, 1.165) is 29.7 Å². The molecule has 0 spiro atoms. The molecule has 1 aromatic rings. The SMILES string of the molecule is COc1cc(C)ccc1C1(C(N)C(=O)O)CC1. The van der Waals surface area contributed by atoms with Gasteiger partial charge in [-0.2, -0.15) is 0 Å². The Labute approximate surface area is 100 Å². The lowest BCUT2D eigenvalue weighted by molar-refractivity contribution is -0.139. The van der Waals surface area contributed by atoms with Crippen LogP contribution in [-0.2, 0) is 10.2 Å². The summed E-state index contributed by atoms with van der Waals surface area (Å²) in [6.45, 7) is 1.98. The van der Waals surface area contributed by atoms with Gasteiger partial charge in [0.2, 0.25) is 0 Å². The molecule has 0 saturated heterocycles. The van der Waals surface area contributed by atoms with Crippen molar-refractivity contribution in [1.29, 1.82) is 0 Å². The fraction of sp³-hybridized carbons (Fsp3) is 0.462. The maximum Gasteiger partial charge on any atom is 0.321 e. The molecule has 0 radical (unpaired) electrons. The van der Waals surface area contributed by atoms with Crippen molar-refractivity contribution in [2.45, 2.75) is 31.2 Å². The first kappa shape index (κ1) is 11.9. The number of aliphatic carboxylic acids is 1. The van der Waals surface area contributed by atoms with Crippen LogP contribution in [0, 0.1) is 6.92 Å². The Kier molecular flexibility index (Phi) is 2.83.